The van der Waals surface area contributed by atoms with Crippen LogP contribution in [0.1, 0.15) is 32.6 Å². The summed E-state index contributed by atoms with van der Waals surface area (Å²) in [5, 5.41) is 14.1. The molecule has 1 aliphatic rings. The van der Waals surface area contributed by atoms with Gasteiger partial charge >= 0.3 is 0 Å². The first-order chi connectivity index (χ1) is 8.20. The molecule has 1 fully saturated rings. The number of nitro benzene ring substituents is 1. The SMILES string of the molecule is CCC1CCCC1Nc1cccc([N+](=O)[O-])c1. The molecule has 1 aliphatic carbocycles. The van der Waals surface area contributed by atoms with E-state index in [0.717, 1.165) is 5.69 Å². The van der Waals surface area contributed by atoms with Crippen LogP contribution < -0.4 is 5.32 Å². The van der Waals surface area contributed by atoms with Crippen molar-refractivity contribution in [1.29, 1.82) is 0 Å². The fourth-order valence-corrected chi connectivity index (χ4v) is 2.64. The van der Waals surface area contributed by atoms with Crippen LogP contribution in [0.2, 0.25) is 0 Å². The van der Waals surface area contributed by atoms with Crippen molar-refractivity contribution in [2.24, 2.45) is 5.92 Å². The first-order valence-electron chi connectivity index (χ1n) is 6.21. The number of anilines is 1. The molecule has 4 nitrogen and oxygen atoms in total. The Morgan fingerprint density at radius 1 is 1.47 bits per heavy atom. The number of benzene rings is 1. The average Bonchev–Trinajstić information content (AvgIpc) is 2.76. The molecule has 0 radical (unpaired) electrons. The number of non-ortho nitro benzene ring substituents is 1. The van der Waals surface area contributed by atoms with E-state index in [9.17, 15) is 10.1 Å². The minimum Gasteiger partial charge on any atom is -0.382 e. The van der Waals surface area contributed by atoms with Crippen LogP contribution in [0.25, 0.3) is 0 Å². The standard InChI is InChI=1S/C13H18N2O2/c1-2-10-5-3-8-13(10)14-11-6-4-7-12(9-11)15(16)17/h4,6-7,9-10,13-14H,2-3,5,8H2,1H3. The molecule has 0 bridgehead atoms. The lowest BCUT2D eigenvalue weighted by atomic mass is 10.0. The van der Waals surface area contributed by atoms with Gasteiger partial charge in [0.15, 0.2) is 0 Å². The summed E-state index contributed by atoms with van der Waals surface area (Å²) in [7, 11) is 0. The summed E-state index contributed by atoms with van der Waals surface area (Å²) in [4.78, 5) is 10.3. The molecule has 17 heavy (non-hydrogen) atoms. The van der Waals surface area contributed by atoms with E-state index < -0.39 is 0 Å². The smallest absolute Gasteiger partial charge is 0.271 e. The molecule has 2 atom stereocenters. The molecule has 2 rings (SSSR count). The Hall–Kier alpha value is -1.58. The Balaban J connectivity index is 2.07. The number of hydrogen-bond donors (Lipinski definition) is 1. The highest BCUT2D eigenvalue weighted by atomic mass is 16.6. The molecule has 1 saturated carbocycles. The number of nitro groups is 1. The van der Waals surface area contributed by atoms with Gasteiger partial charge in [-0.05, 0) is 24.8 Å². The fraction of sp³-hybridized carbons (Fsp3) is 0.538. The van der Waals surface area contributed by atoms with Crippen molar-refractivity contribution >= 4 is 11.4 Å². The highest BCUT2D eigenvalue weighted by molar-refractivity contribution is 5.51. The first kappa shape index (κ1) is 11.9. The summed E-state index contributed by atoms with van der Waals surface area (Å²) < 4.78 is 0. The number of rotatable bonds is 4. The van der Waals surface area contributed by atoms with Gasteiger partial charge in [-0.25, -0.2) is 0 Å². The molecular weight excluding hydrogens is 216 g/mol. The summed E-state index contributed by atoms with van der Waals surface area (Å²) in [6, 6.07) is 7.25. The van der Waals surface area contributed by atoms with E-state index in [1.807, 2.05) is 6.07 Å². The van der Waals surface area contributed by atoms with Gasteiger partial charge in [-0.15, -0.1) is 0 Å². The van der Waals surface area contributed by atoms with Crippen LogP contribution in [0.15, 0.2) is 24.3 Å². The van der Waals surface area contributed by atoms with E-state index in [4.69, 9.17) is 0 Å². The van der Waals surface area contributed by atoms with Gasteiger partial charge in [0.1, 0.15) is 0 Å². The summed E-state index contributed by atoms with van der Waals surface area (Å²) in [5.74, 6) is 0.703. The normalized spacial score (nSPS) is 23.6. The molecule has 2 unspecified atom stereocenters. The molecule has 1 N–H and O–H groups in total. The predicted octanol–water partition coefficient (Wildman–Crippen LogP) is 3.59. The summed E-state index contributed by atoms with van der Waals surface area (Å²) in [6.07, 6.45) is 4.86. The van der Waals surface area contributed by atoms with Crippen LogP contribution >= 0.6 is 0 Å². The van der Waals surface area contributed by atoms with Crippen molar-refractivity contribution in [3.8, 4) is 0 Å². The van der Waals surface area contributed by atoms with E-state index in [-0.39, 0.29) is 10.6 Å². The van der Waals surface area contributed by atoms with Gasteiger partial charge in [0, 0.05) is 23.9 Å². The maximum absolute atomic E-state index is 10.7. The second kappa shape index (κ2) is 5.17. The van der Waals surface area contributed by atoms with E-state index >= 15 is 0 Å². The third kappa shape index (κ3) is 2.75. The zero-order chi connectivity index (χ0) is 12.3. The molecule has 92 valence electrons. The number of nitrogens with zero attached hydrogens (tertiary/aromatic N) is 1. The maximum atomic E-state index is 10.7. The van der Waals surface area contributed by atoms with Crippen molar-refractivity contribution in [3.05, 3.63) is 34.4 Å². The van der Waals surface area contributed by atoms with E-state index in [1.165, 1.54) is 31.7 Å². The maximum Gasteiger partial charge on any atom is 0.271 e. The zero-order valence-corrected chi connectivity index (χ0v) is 10.1. The van der Waals surface area contributed by atoms with Crippen molar-refractivity contribution in [1.82, 2.24) is 0 Å². The van der Waals surface area contributed by atoms with Crippen LogP contribution in [-0.4, -0.2) is 11.0 Å². The molecule has 1 aromatic carbocycles. The average molecular weight is 234 g/mol. The van der Waals surface area contributed by atoms with Gasteiger partial charge in [-0.2, -0.15) is 0 Å². The first-order valence-corrected chi connectivity index (χ1v) is 6.21. The van der Waals surface area contributed by atoms with Gasteiger partial charge < -0.3 is 5.32 Å². The molecule has 0 aromatic heterocycles. The highest BCUT2D eigenvalue weighted by Gasteiger charge is 2.25. The van der Waals surface area contributed by atoms with E-state index in [1.54, 1.807) is 12.1 Å². The Morgan fingerprint density at radius 2 is 2.29 bits per heavy atom. The molecule has 0 aliphatic heterocycles. The Morgan fingerprint density at radius 3 is 3.00 bits per heavy atom. The minimum absolute atomic E-state index is 0.154. The second-order valence-electron chi connectivity index (χ2n) is 4.66. The summed E-state index contributed by atoms with van der Waals surface area (Å²) in [6.45, 7) is 2.21. The highest BCUT2D eigenvalue weighted by Crippen LogP contribution is 2.31. The van der Waals surface area contributed by atoms with Gasteiger partial charge in [0.05, 0.1) is 4.92 Å². The quantitative estimate of drug-likeness (QED) is 0.639. The third-order valence-corrected chi connectivity index (χ3v) is 3.59. The Kier molecular flexibility index (Phi) is 3.61. The lowest BCUT2D eigenvalue weighted by Gasteiger charge is -2.20. The molecular formula is C13H18N2O2. The molecule has 0 heterocycles. The van der Waals surface area contributed by atoms with Crippen molar-refractivity contribution in [3.63, 3.8) is 0 Å². The van der Waals surface area contributed by atoms with Crippen LogP contribution in [0.4, 0.5) is 11.4 Å². The zero-order valence-electron chi connectivity index (χ0n) is 10.1. The molecule has 0 amide bonds. The van der Waals surface area contributed by atoms with Crippen molar-refractivity contribution in [2.75, 3.05) is 5.32 Å². The van der Waals surface area contributed by atoms with Gasteiger partial charge in [-0.3, -0.25) is 10.1 Å². The van der Waals surface area contributed by atoms with E-state index in [2.05, 4.69) is 12.2 Å². The van der Waals surface area contributed by atoms with Crippen molar-refractivity contribution in [2.45, 2.75) is 38.6 Å². The largest absolute Gasteiger partial charge is 0.382 e. The van der Waals surface area contributed by atoms with E-state index in [0.29, 0.717) is 12.0 Å². The molecule has 4 heteroatoms. The fourth-order valence-electron chi connectivity index (χ4n) is 2.64. The molecule has 0 saturated heterocycles. The molecule has 0 spiro atoms. The van der Waals surface area contributed by atoms with Crippen molar-refractivity contribution < 1.29 is 4.92 Å². The van der Waals surface area contributed by atoms with Crippen LogP contribution in [0.5, 0.6) is 0 Å². The molecule has 1 aromatic rings. The van der Waals surface area contributed by atoms with Crippen LogP contribution in [0.3, 0.4) is 0 Å². The van der Waals surface area contributed by atoms with Crippen LogP contribution in [0, 0.1) is 16.0 Å². The third-order valence-electron chi connectivity index (χ3n) is 3.59. The summed E-state index contributed by atoms with van der Waals surface area (Å²) >= 11 is 0. The topological polar surface area (TPSA) is 55.2 Å². The van der Waals surface area contributed by atoms with Gasteiger partial charge in [0.25, 0.3) is 5.69 Å². The van der Waals surface area contributed by atoms with Gasteiger partial charge in [-0.1, -0.05) is 25.8 Å². The minimum atomic E-state index is -0.350. The number of nitrogens with one attached hydrogen (secondary N) is 1. The Labute approximate surface area is 101 Å². The van der Waals surface area contributed by atoms with Gasteiger partial charge in [0.2, 0.25) is 0 Å². The summed E-state index contributed by atoms with van der Waals surface area (Å²) in [5.41, 5.74) is 1.02. The number of hydrogen-bond acceptors (Lipinski definition) is 3. The Bertz CT molecular complexity index is 406. The second-order valence-corrected chi connectivity index (χ2v) is 4.66. The monoisotopic (exact) mass is 234 g/mol. The lowest BCUT2D eigenvalue weighted by Crippen LogP contribution is -2.23. The van der Waals surface area contributed by atoms with Crippen LogP contribution in [-0.2, 0) is 0 Å². The predicted molar refractivity (Wildman–Crippen MR) is 68.1 cm³/mol. The lowest BCUT2D eigenvalue weighted by molar-refractivity contribution is -0.384.